The van der Waals surface area contributed by atoms with Crippen LogP contribution in [0.25, 0.3) is 6.08 Å². The molecule has 4 nitrogen and oxygen atoms in total. The number of carbonyl (C=O) groups excluding carboxylic acids is 1. The molecule has 0 bridgehead atoms. The number of hydrogen-bond acceptors (Lipinski definition) is 4. The Balaban J connectivity index is 1.65. The Labute approximate surface area is 142 Å². The lowest BCUT2D eigenvalue weighted by molar-refractivity contribution is -0.142. The number of methoxy groups -OCH3 is 1. The molecule has 126 valence electrons. The van der Waals surface area contributed by atoms with Crippen LogP contribution < -0.4 is 9.47 Å². The van der Waals surface area contributed by atoms with Gasteiger partial charge in [-0.15, -0.1) is 0 Å². The van der Waals surface area contributed by atoms with E-state index in [1.54, 1.807) is 0 Å². The third kappa shape index (κ3) is 6.57. The lowest BCUT2D eigenvalue weighted by Crippen LogP contribution is -2.12. The van der Waals surface area contributed by atoms with E-state index in [1.165, 1.54) is 7.11 Å². The molecule has 0 aliphatic rings. The molecule has 0 aliphatic heterocycles. The van der Waals surface area contributed by atoms with Gasteiger partial charge < -0.3 is 14.2 Å². The number of unbranched alkanes of at least 4 members (excludes halogenated alkanes) is 1. The highest BCUT2D eigenvalue weighted by Gasteiger charge is 2.00. The van der Waals surface area contributed by atoms with E-state index in [9.17, 15) is 4.79 Å². The van der Waals surface area contributed by atoms with E-state index in [4.69, 9.17) is 9.47 Å². The number of rotatable bonds is 9. The molecule has 2 aromatic carbocycles. The maximum atomic E-state index is 11.0. The zero-order valence-electron chi connectivity index (χ0n) is 13.8. The highest BCUT2D eigenvalue weighted by atomic mass is 16.6. The van der Waals surface area contributed by atoms with Crippen LogP contribution in [0.5, 0.6) is 11.5 Å². The molecule has 0 heterocycles. The number of para-hydroxylation sites is 1. The van der Waals surface area contributed by atoms with Crippen molar-refractivity contribution >= 4 is 12.0 Å². The van der Waals surface area contributed by atoms with E-state index in [2.05, 4.69) is 16.9 Å². The Morgan fingerprint density at radius 1 is 0.958 bits per heavy atom. The van der Waals surface area contributed by atoms with E-state index in [0.29, 0.717) is 12.4 Å². The van der Waals surface area contributed by atoms with Crippen molar-refractivity contribution in [3.05, 3.63) is 66.2 Å². The highest BCUT2D eigenvalue weighted by Crippen LogP contribution is 2.14. The van der Waals surface area contributed by atoms with Crippen LogP contribution in [0.3, 0.4) is 0 Å². The molecule has 0 radical (unpaired) electrons. The number of carbonyl (C=O) groups is 1. The molecule has 0 saturated heterocycles. The number of benzene rings is 2. The fraction of sp³-hybridized carbons (Fsp3) is 0.250. The smallest absolute Gasteiger partial charge is 0.343 e. The van der Waals surface area contributed by atoms with Gasteiger partial charge in [-0.1, -0.05) is 42.5 Å². The van der Waals surface area contributed by atoms with Crippen LogP contribution in [0.2, 0.25) is 0 Å². The highest BCUT2D eigenvalue weighted by molar-refractivity contribution is 5.70. The van der Waals surface area contributed by atoms with E-state index < -0.39 is 5.97 Å². The molecule has 2 rings (SSSR count). The average molecular weight is 326 g/mol. The fourth-order valence-electron chi connectivity index (χ4n) is 2.00. The van der Waals surface area contributed by atoms with E-state index in [0.717, 1.165) is 24.2 Å². The standard InChI is InChI=1S/C20H22O4/c1-22-20(21)16-24-19-13-11-17(12-14-19)8-4-3-7-15-23-18-9-5-2-6-10-18/h2,4-6,8-14H,3,7,15-16H2,1H3/b8-4+. The van der Waals surface area contributed by atoms with Crippen molar-refractivity contribution in [3.63, 3.8) is 0 Å². The molecular formula is C20H22O4. The molecule has 0 fully saturated rings. The Morgan fingerprint density at radius 2 is 1.67 bits per heavy atom. The van der Waals surface area contributed by atoms with Crippen LogP contribution in [-0.2, 0) is 9.53 Å². The Bertz CT molecular complexity index is 632. The van der Waals surface area contributed by atoms with Crippen molar-refractivity contribution in [2.45, 2.75) is 12.8 Å². The third-order valence-corrected chi connectivity index (χ3v) is 3.30. The summed E-state index contributed by atoms with van der Waals surface area (Å²) >= 11 is 0. The second-order valence-electron chi connectivity index (χ2n) is 5.14. The lowest BCUT2D eigenvalue weighted by atomic mass is 10.2. The fourth-order valence-corrected chi connectivity index (χ4v) is 2.00. The molecule has 0 saturated carbocycles. The van der Waals surface area contributed by atoms with Gasteiger partial charge >= 0.3 is 5.97 Å². The van der Waals surface area contributed by atoms with Crippen LogP contribution in [0.4, 0.5) is 0 Å². The summed E-state index contributed by atoms with van der Waals surface area (Å²) in [5.41, 5.74) is 1.09. The lowest BCUT2D eigenvalue weighted by Gasteiger charge is -2.05. The molecule has 0 aromatic heterocycles. The molecule has 4 heteroatoms. The molecule has 0 aliphatic carbocycles. The summed E-state index contributed by atoms with van der Waals surface area (Å²) in [6.07, 6.45) is 6.10. The van der Waals surface area contributed by atoms with Crippen molar-refractivity contribution in [1.82, 2.24) is 0 Å². The maximum absolute atomic E-state index is 11.0. The molecule has 0 spiro atoms. The first-order valence-corrected chi connectivity index (χ1v) is 7.92. The second kappa shape index (κ2) is 10.1. The summed E-state index contributed by atoms with van der Waals surface area (Å²) in [5.74, 6) is 1.16. The van der Waals surface area contributed by atoms with Crippen LogP contribution in [-0.4, -0.2) is 26.3 Å². The summed E-state index contributed by atoms with van der Waals surface area (Å²) < 4.78 is 15.5. The second-order valence-corrected chi connectivity index (χ2v) is 5.14. The Hall–Kier alpha value is -2.75. The minimum atomic E-state index is -0.392. The van der Waals surface area contributed by atoms with Crippen LogP contribution in [0, 0.1) is 0 Å². The van der Waals surface area contributed by atoms with Gasteiger partial charge in [0.1, 0.15) is 11.5 Å². The first kappa shape index (κ1) is 17.6. The van der Waals surface area contributed by atoms with Crippen molar-refractivity contribution < 1.29 is 19.0 Å². The average Bonchev–Trinajstić information content (AvgIpc) is 2.64. The zero-order valence-corrected chi connectivity index (χ0v) is 13.8. The molecular weight excluding hydrogens is 304 g/mol. The topological polar surface area (TPSA) is 44.8 Å². The minimum absolute atomic E-state index is 0.0763. The van der Waals surface area contributed by atoms with Gasteiger partial charge in [-0.05, 0) is 42.7 Å². The first-order valence-electron chi connectivity index (χ1n) is 7.92. The van der Waals surface area contributed by atoms with Crippen molar-refractivity contribution in [2.75, 3.05) is 20.3 Å². The molecule has 0 amide bonds. The largest absolute Gasteiger partial charge is 0.494 e. The minimum Gasteiger partial charge on any atom is -0.494 e. The number of esters is 1. The molecule has 2 aromatic rings. The summed E-state index contributed by atoms with van der Waals surface area (Å²) in [4.78, 5) is 11.0. The SMILES string of the molecule is COC(=O)COc1ccc(/C=C/CCCOc2ccccc2)cc1. The number of ether oxygens (including phenoxy) is 3. The molecule has 24 heavy (non-hydrogen) atoms. The van der Waals surface area contributed by atoms with Crippen molar-refractivity contribution in [3.8, 4) is 11.5 Å². The summed E-state index contributed by atoms with van der Waals surface area (Å²) in [6.45, 7) is 0.627. The summed E-state index contributed by atoms with van der Waals surface area (Å²) in [5, 5.41) is 0. The summed E-state index contributed by atoms with van der Waals surface area (Å²) in [6, 6.07) is 17.4. The monoisotopic (exact) mass is 326 g/mol. The summed E-state index contributed by atoms with van der Waals surface area (Å²) in [7, 11) is 1.34. The van der Waals surface area contributed by atoms with Crippen molar-refractivity contribution in [2.24, 2.45) is 0 Å². The van der Waals surface area contributed by atoms with Gasteiger partial charge in [0.15, 0.2) is 6.61 Å². The van der Waals surface area contributed by atoms with Gasteiger partial charge in [0.2, 0.25) is 0 Å². The molecule has 0 atom stereocenters. The van der Waals surface area contributed by atoms with E-state index >= 15 is 0 Å². The molecule has 0 N–H and O–H groups in total. The van der Waals surface area contributed by atoms with Gasteiger partial charge in [-0.2, -0.15) is 0 Å². The maximum Gasteiger partial charge on any atom is 0.343 e. The number of allylic oxidation sites excluding steroid dienone is 1. The van der Waals surface area contributed by atoms with Crippen LogP contribution in [0.15, 0.2) is 60.7 Å². The van der Waals surface area contributed by atoms with Crippen LogP contribution in [0.1, 0.15) is 18.4 Å². The van der Waals surface area contributed by atoms with Gasteiger partial charge in [0, 0.05) is 0 Å². The number of hydrogen-bond donors (Lipinski definition) is 0. The first-order chi connectivity index (χ1) is 11.8. The molecule has 0 unspecified atom stereocenters. The van der Waals surface area contributed by atoms with E-state index in [-0.39, 0.29) is 6.61 Å². The van der Waals surface area contributed by atoms with Gasteiger partial charge in [0.05, 0.1) is 13.7 Å². The predicted octanol–water partition coefficient (Wildman–Crippen LogP) is 4.11. The van der Waals surface area contributed by atoms with Gasteiger partial charge in [-0.3, -0.25) is 0 Å². The Morgan fingerprint density at radius 3 is 2.38 bits per heavy atom. The normalized spacial score (nSPS) is 10.5. The van der Waals surface area contributed by atoms with Crippen molar-refractivity contribution in [1.29, 1.82) is 0 Å². The predicted molar refractivity (Wildman–Crippen MR) is 94.2 cm³/mol. The van der Waals surface area contributed by atoms with E-state index in [1.807, 2.05) is 54.6 Å². The van der Waals surface area contributed by atoms with Gasteiger partial charge in [0.25, 0.3) is 0 Å². The third-order valence-electron chi connectivity index (χ3n) is 3.30. The Kier molecular flexibility index (Phi) is 7.41. The zero-order chi connectivity index (χ0) is 17.0. The quantitative estimate of drug-likeness (QED) is 0.514. The van der Waals surface area contributed by atoms with Gasteiger partial charge in [-0.25, -0.2) is 4.79 Å². The van der Waals surface area contributed by atoms with Crippen LogP contribution >= 0.6 is 0 Å².